The maximum absolute atomic E-state index is 6.51. The van der Waals surface area contributed by atoms with Crippen molar-refractivity contribution in [3.8, 4) is 44.5 Å². The standard InChI is InChI=1S/C69H45NO/c1-2-54(44-53-40-52-20-6-11-29-63(52)69(53)64-30-12-8-26-59(64)60-27-9-13-31-65(60)69)70(55-36-33-45(34-37-55)47-22-15-23-50(39-47)57-28-16-21-46-17-5-7-24-56(46)57)66-32-14-10-25-58(66)51-35-38-67-61(42-51)62-41-48-18-3-4-19-49(48)43-68(62)71-67/h2-44H,1H2/b54-44+. The number of hydrogen-bond donors (Lipinski definition) is 0. The zero-order valence-electron chi connectivity index (χ0n) is 38.9. The van der Waals surface area contributed by atoms with E-state index in [1.807, 2.05) is 6.08 Å². The number of anilines is 2. The van der Waals surface area contributed by atoms with E-state index in [0.717, 1.165) is 61.3 Å². The SMILES string of the molecule is C=C/C(=C\C1=Cc2ccccc2C12c1ccccc1-c1ccccc12)N(c1ccc(-c2cccc(-c3cccc4ccccc34)c2)cc1)c1ccccc1-c1ccc2oc3cc4ccccc4cc3c2c1. The van der Waals surface area contributed by atoms with Crippen LogP contribution in [0.3, 0.4) is 0 Å². The number of furan rings is 1. The van der Waals surface area contributed by atoms with Crippen molar-refractivity contribution >= 4 is 60.9 Å². The van der Waals surface area contributed by atoms with E-state index in [4.69, 9.17) is 4.42 Å². The summed E-state index contributed by atoms with van der Waals surface area (Å²) in [6.45, 7) is 4.60. The van der Waals surface area contributed by atoms with Crippen LogP contribution in [0.15, 0.2) is 277 Å². The first kappa shape index (κ1) is 40.8. The minimum atomic E-state index is -0.514. The predicted molar refractivity (Wildman–Crippen MR) is 298 cm³/mol. The molecule has 332 valence electrons. The van der Waals surface area contributed by atoms with Crippen LogP contribution in [-0.4, -0.2) is 0 Å². The molecule has 0 atom stereocenters. The van der Waals surface area contributed by atoms with Gasteiger partial charge in [-0.15, -0.1) is 0 Å². The highest BCUT2D eigenvalue weighted by Gasteiger charge is 2.50. The van der Waals surface area contributed by atoms with Crippen LogP contribution in [0.25, 0.3) is 94.1 Å². The predicted octanol–water partition coefficient (Wildman–Crippen LogP) is 18.5. The lowest BCUT2D eigenvalue weighted by Gasteiger charge is -2.33. The number of allylic oxidation sites excluding steroid dienone is 3. The van der Waals surface area contributed by atoms with Crippen LogP contribution in [0, 0.1) is 0 Å². The van der Waals surface area contributed by atoms with Gasteiger partial charge in [0.25, 0.3) is 0 Å². The lowest BCUT2D eigenvalue weighted by atomic mass is 9.69. The van der Waals surface area contributed by atoms with E-state index in [-0.39, 0.29) is 0 Å². The molecule has 11 aromatic carbocycles. The molecule has 14 rings (SSSR count). The molecule has 12 aromatic rings. The van der Waals surface area contributed by atoms with E-state index in [0.29, 0.717) is 0 Å². The number of hydrogen-bond acceptors (Lipinski definition) is 2. The molecule has 1 heterocycles. The van der Waals surface area contributed by atoms with E-state index in [1.165, 1.54) is 71.6 Å². The van der Waals surface area contributed by atoms with Gasteiger partial charge in [-0.05, 0) is 155 Å². The topological polar surface area (TPSA) is 16.4 Å². The van der Waals surface area contributed by atoms with Crippen molar-refractivity contribution in [3.05, 3.63) is 295 Å². The van der Waals surface area contributed by atoms with Crippen molar-refractivity contribution in [1.29, 1.82) is 0 Å². The molecule has 0 radical (unpaired) electrons. The van der Waals surface area contributed by atoms with Crippen LogP contribution < -0.4 is 4.90 Å². The average molecular weight is 904 g/mol. The van der Waals surface area contributed by atoms with Crippen molar-refractivity contribution in [1.82, 2.24) is 0 Å². The van der Waals surface area contributed by atoms with Gasteiger partial charge < -0.3 is 9.32 Å². The fourth-order valence-corrected chi connectivity index (χ4v) is 11.9. The van der Waals surface area contributed by atoms with Gasteiger partial charge >= 0.3 is 0 Å². The molecule has 0 fully saturated rings. The second-order valence-electron chi connectivity index (χ2n) is 18.8. The Bertz CT molecular complexity index is 4150. The molecule has 0 unspecified atom stereocenters. The fourth-order valence-electron chi connectivity index (χ4n) is 11.9. The number of rotatable bonds is 8. The summed E-state index contributed by atoms with van der Waals surface area (Å²) in [5.74, 6) is 0. The summed E-state index contributed by atoms with van der Waals surface area (Å²) in [5, 5.41) is 7.05. The van der Waals surface area contributed by atoms with Crippen LogP contribution in [0.5, 0.6) is 0 Å². The Kier molecular flexibility index (Phi) is 9.30. The molecule has 0 saturated heterocycles. The fraction of sp³-hybridized carbons (Fsp3) is 0.0145. The molecule has 0 N–H and O–H groups in total. The van der Waals surface area contributed by atoms with Gasteiger partial charge in [0.1, 0.15) is 11.2 Å². The first-order valence-electron chi connectivity index (χ1n) is 24.4. The molecular formula is C69H45NO. The Morgan fingerprint density at radius 3 is 1.77 bits per heavy atom. The first-order chi connectivity index (χ1) is 35.1. The molecule has 2 heteroatoms. The summed E-state index contributed by atoms with van der Waals surface area (Å²) < 4.78 is 6.51. The maximum Gasteiger partial charge on any atom is 0.136 e. The van der Waals surface area contributed by atoms with E-state index < -0.39 is 5.41 Å². The average Bonchev–Trinajstić information content (AvgIpc) is 4.07. The van der Waals surface area contributed by atoms with Gasteiger partial charge in [0, 0.05) is 27.7 Å². The quantitative estimate of drug-likeness (QED) is 0.141. The van der Waals surface area contributed by atoms with Crippen molar-refractivity contribution in [3.63, 3.8) is 0 Å². The third-order valence-electron chi connectivity index (χ3n) is 15.0. The van der Waals surface area contributed by atoms with Crippen LogP contribution in [0.1, 0.15) is 22.3 Å². The monoisotopic (exact) mass is 903 g/mol. The van der Waals surface area contributed by atoms with Crippen LogP contribution >= 0.6 is 0 Å². The van der Waals surface area contributed by atoms with Gasteiger partial charge in [0.15, 0.2) is 0 Å². The van der Waals surface area contributed by atoms with Gasteiger partial charge in [-0.1, -0.05) is 201 Å². The molecule has 0 bridgehead atoms. The van der Waals surface area contributed by atoms with E-state index >= 15 is 0 Å². The van der Waals surface area contributed by atoms with Crippen LogP contribution in [0.2, 0.25) is 0 Å². The summed E-state index contributed by atoms with van der Waals surface area (Å²) in [7, 11) is 0. The zero-order chi connectivity index (χ0) is 47.0. The number of para-hydroxylation sites is 1. The molecule has 2 nitrogen and oxygen atoms in total. The van der Waals surface area contributed by atoms with Crippen molar-refractivity contribution < 1.29 is 4.42 Å². The Balaban J connectivity index is 0.951. The van der Waals surface area contributed by atoms with Gasteiger partial charge in [-0.25, -0.2) is 0 Å². The first-order valence-corrected chi connectivity index (χ1v) is 24.4. The Labute approximate surface area is 413 Å². The summed E-state index contributed by atoms with van der Waals surface area (Å²) in [6.07, 6.45) is 6.82. The minimum absolute atomic E-state index is 0.514. The number of fused-ring (bicyclic) bond motifs is 12. The summed E-state index contributed by atoms with van der Waals surface area (Å²) >= 11 is 0. The van der Waals surface area contributed by atoms with E-state index in [9.17, 15) is 0 Å². The molecule has 71 heavy (non-hydrogen) atoms. The Morgan fingerprint density at radius 1 is 0.408 bits per heavy atom. The third-order valence-corrected chi connectivity index (χ3v) is 15.0. The molecule has 1 spiro atoms. The van der Waals surface area contributed by atoms with Crippen LogP contribution in [-0.2, 0) is 5.41 Å². The highest BCUT2D eigenvalue weighted by molar-refractivity contribution is 6.11. The smallest absolute Gasteiger partial charge is 0.136 e. The second-order valence-corrected chi connectivity index (χ2v) is 18.8. The van der Waals surface area contributed by atoms with Crippen molar-refractivity contribution in [2.45, 2.75) is 5.41 Å². The van der Waals surface area contributed by atoms with Crippen molar-refractivity contribution in [2.24, 2.45) is 0 Å². The minimum Gasteiger partial charge on any atom is -0.456 e. The summed E-state index contributed by atoms with van der Waals surface area (Å²) in [6, 6.07) is 88.3. The maximum atomic E-state index is 6.51. The normalized spacial score (nSPS) is 13.4. The van der Waals surface area contributed by atoms with Gasteiger partial charge in [0.2, 0.25) is 0 Å². The molecule has 0 amide bonds. The molecule has 1 aromatic heterocycles. The zero-order valence-corrected chi connectivity index (χ0v) is 38.9. The highest BCUT2D eigenvalue weighted by Crippen LogP contribution is 2.60. The third kappa shape index (κ3) is 6.35. The van der Waals surface area contributed by atoms with Gasteiger partial charge in [-0.3, -0.25) is 0 Å². The number of benzene rings is 11. The van der Waals surface area contributed by atoms with Gasteiger partial charge in [-0.2, -0.15) is 0 Å². The largest absolute Gasteiger partial charge is 0.456 e. The van der Waals surface area contributed by atoms with Crippen molar-refractivity contribution in [2.75, 3.05) is 4.90 Å². The molecule has 2 aliphatic rings. The second kappa shape index (κ2) is 16.2. The molecule has 0 aliphatic heterocycles. The van der Waals surface area contributed by atoms with E-state index in [2.05, 4.69) is 266 Å². The lowest BCUT2D eigenvalue weighted by molar-refractivity contribution is 0.669. The summed E-state index contributed by atoms with van der Waals surface area (Å²) in [4.78, 5) is 2.40. The summed E-state index contributed by atoms with van der Waals surface area (Å²) in [5.41, 5.74) is 20.1. The number of nitrogens with zero attached hydrogens (tertiary/aromatic N) is 1. The molecule has 0 saturated carbocycles. The molecular weight excluding hydrogens is 859 g/mol. The molecule has 2 aliphatic carbocycles. The Morgan fingerprint density at radius 2 is 0.986 bits per heavy atom. The Hall–Kier alpha value is -9.24. The van der Waals surface area contributed by atoms with E-state index in [1.54, 1.807) is 0 Å². The van der Waals surface area contributed by atoms with Gasteiger partial charge in [0.05, 0.1) is 11.1 Å². The lowest BCUT2D eigenvalue weighted by Crippen LogP contribution is -2.27. The van der Waals surface area contributed by atoms with Crippen LogP contribution in [0.4, 0.5) is 11.4 Å². The highest BCUT2D eigenvalue weighted by atomic mass is 16.3.